The fourth-order valence-corrected chi connectivity index (χ4v) is 4.01. The molecule has 0 saturated carbocycles. The molecule has 3 N–H and O–H groups in total. The van der Waals surface area contributed by atoms with Crippen LogP contribution in [0.15, 0.2) is 71.6 Å². The molecule has 0 unspecified atom stereocenters. The molecule has 0 aliphatic rings. The highest BCUT2D eigenvalue weighted by Gasteiger charge is 2.18. The van der Waals surface area contributed by atoms with Crippen LogP contribution in [0.4, 0.5) is 4.39 Å². The molecular formula is C28H25FN8O. The zero-order chi connectivity index (χ0) is 26.8. The fourth-order valence-electron chi connectivity index (χ4n) is 4.01. The van der Waals surface area contributed by atoms with Crippen LogP contribution >= 0.6 is 0 Å². The van der Waals surface area contributed by atoms with E-state index in [1.807, 2.05) is 26.0 Å². The lowest BCUT2D eigenvalue weighted by Gasteiger charge is -2.09. The highest BCUT2D eigenvalue weighted by atomic mass is 19.1. The first kappa shape index (κ1) is 24.7. The highest BCUT2D eigenvalue weighted by molar-refractivity contribution is 5.95. The molecule has 10 heteroatoms. The number of hydrogen-bond donors (Lipinski definition) is 3. The number of nitrogens with zero attached hydrogens (tertiary/aromatic N) is 5. The quantitative estimate of drug-likeness (QED) is 0.200. The average Bonchev–Trinajstić information content (AvgIpc) is 3.52. The summed E-state index contributed by atoms with van der Waals surface area (Å²) in [5.41, 5.74) is 5.71. The van der Waals surface area contributed by atoms with Crippen molar-refractivity contribution in [1.29, 1.82) is 0 Å². The van der Waals surface area contributed by atoms with Crippen molar-refractivity contribution in [1.82, 2.24) is 35.5 Å². The molecule has 4 aromatic heterocycles. The largest absolute Gasteiger partial charge is 0.336 e. The standard InChI is InChI=1S/C28H25FN8O/c1-15(2)28(38)32-16(3)13-17(14-30-4)20-9-10-22-25(33-20)26(37-36-22)27-34-21-11-12-31-23(24(21)35-27)18-7-5-6-8-19(18)29/h5-15H,4H2,1-3H3,(H,32,38)(H,34,35)(H,36,37)/b16-13+,17-14+. The molecular weight excluding hydrogens is 483 g/mol. The molecule has 0 saturated heterocycles. The summed E-state index contributed by atoms with van der Waals surface area (Å²) >= 11 is 0. The monoisotopic (exact) mass is 508 g/mol. The van der Waals surface area contributed by atoms with Crippen LogP contribution < -0.4 is 5.32 Å². The average molecular weight is 509 g/mol. The Labute approximate surface area is 217 Å². The third-order valence-corrected chi connectivity index (χ3v) is 5.90. The number of imidazole rings is 1. The van der Waals surface area contributed by atoms with Gasteiger partial charge in [-0.25, -0.2) is 14.4 Å². The molecule has 4 heterocycles. The van der Waals surface area contributed by atoms with E-state index in [0.29, 0.717) is 61.8 Å². The molecule has 9 nitrogen and oxygen atoms in total. The van der Waals surface area contributed by atoms with Gasteiger partial charge >= 0.3 is 0 Å². The van der Waals surface area contributed by atoms with Crippen molar-refractivity contribution in [2.24, 2.45) is 10.9 Å². The number of H-pyrrole nitrogens is 2. The highest BCUT2D eigenvalue weighted by Crippen LogP contribution is 2.31. The molecule has 1 amide bonds. The van der Waals surface area contributed by atoms with E-state index in [-0.39, 0.29) is 17.6 Å². The maximum absolute atomic E-state index is 14.5. The number of aliphatic imine (C=N–C) groups is 1. The van der Waals surface area contributed by atoms with Gasteiger partial charge in [0.05, 0.1) is 16.7 Å². The Hall–Kier alpha value is -4.99. The summed E-state index contributed by atoms with van der Waals surface area (Å²) in [6.07, 6.45) is 4.97. The normalized spacial score (nSPS) is 12.4. The van der Waals surface area contributed by atoms with Crippen LogP contribution in [-0.2, 0) is 4.79 Å². The Bertz CT molecular complexity index is 1740. The Morgan fingerprint density at radius 1 is 1.08 bits per heavy atom. The van der Waals surface area contributed by atoms with E-state index in [9.17, 15) is 9.18 Å². The molecule has 0 radical (unpaired) electrons. The topological polar surface area (TPSA) is 125 Å². The molecule has 0 fully saturated rings. The summed E-state index contributed by atoms with van der Waals surface area (Å²) in [7, 11) is 0. The first-order valence-electron chi connectivity index (χ1n) is 12.0. The zero-order valence-electron chi connectivity index (χ0n) is 21.1. The van der Waals surface area contributed by atoms with Crippen molar-refractivity contribution < 1.29 is 9.18 Å². The van der Waals surface area contributed by atoms with E-state index in [2.05, 4.69) is 37.2 Å². The fraction of sp³-hybridized carbons (Fsp3) is 0.143. The van der Waals surface area contributed by atoms with Crippen LogP contribution in [0.5, 0.6) is 0 Å². The van der Waals surface area contributed by atoms with Gasteiger partial charge in [0, 0.05) is 35.1 Å². The number of halogens is 1. The van der Waals surface area contributed by atoms with Crippen molar-refractivity contribution in [3.63, 3.8) is 0 Å². The van der Waals surface area contributed by atoms with Crippen LogP contribution in [0.25, 0.3) is 50.4 Å². The van der Waals surface area contributed by atoms with Gasteiger partial charge in [0.25, 0.3) is 0 Å². The van der Waals surface area contributed by atoms with Crippen LogP contribution in [0.1, 0.15) is 26.5 Å². The van der Waals surface area contributed by atoms with Gasteiger partial charge in [-0.2, -0.15) is 5.10 Å². The van der Waals surface area contributed by atoms with Crippen LogP contribution in [0.3, 0.4) is 0 Å². The number of fused-ring (bicyclic) bond motifs is 2. The summed E-state index contributed by atoms with van der Waals surface area (Å²) < 4.78 is 14.5. The molecule has 0 spiro atoms. The Balaban J connectivity index is 1.58. The minimum atomic E-state index is -0.378. The third-order valence-electron chi connectivity index (χ3n) is 5.90. The summed E-state index contributed by atoms with van der Waals surface area (Å²) in [6, 6.07) is 11.9. The number of benzene rings is 1. The van der Waals surface area contributed by atoms with E-state index in [0.717, 1.165) is 0 Å². The van der Waals surface area contributed by atoms with Crippen LogP contribution in [0.2, 0.25) is 0 Å². The second-order valence-electron chi connectivity index (χ2n) is 9.02. The summed E-state index contributed by atoms with van der Waals surface area (Å²) in [5, 5.41) is 10.3. The summed E-state index contributed by atoms with van der Waals surface area (Å²) in [4.78, 5) is 33.2. The second kappa shape index (κ2) is 10.2. The molecule has 5 aromatic rings. The molecule has 190 valence electrons. The number of carbonyl (C=O) groups is 1. The van der Waals surface area contributed by atoms with Crippen molar-refractivity contribution in [2.75, 3.05) is 0 Å². The number of amides is 1. The number of aromatic amines is 2. The summed E-state index contributed by atoms with van der Waals surface area (Å²) in [5.74, 6) is -0.148. The van der Waals surface area contributed by atoms with E-state index in [1.165, 1.54) is 6.07 Å². The van der Waals surface area contributed by atoms with Gasteiger partial charge in [-0.1, -0.05) is 26.0 Å². The van der Waals surface area contributed by atoms with Gasteiger partial charge in [0.15, 0.2) is 11.5 Å². The van der Waals surface area contributed by atoms with Crippen LogP contribution in [0, 0.1) is 11.7 Å². The van der Waals surface area contributed by atoms with Gasteiger partial charge in [-0.3, -0.25) is 19.9 Å². The van der Waals surface area contributed by atoms with Gasteiger partial charge in [-0.05, 0) is 50.0 Å². The molecule has 0 aliphatic carbocycles. The first-order chi connectivity index (χ1) is 18.4. The Kier molecular flexibility index (Phi) is 6.61. The number of nitrogens with one attached hydrogen (secondary N) is 3. The number of pyridine rings is 2. The SMILES string of the molecule is C=N/C=C(\C=C(/C)NC(=O)C(C)C)c1ccc2[nH]nc(-c3nc4c(-c5ccccc5F)nccc4[nH]3)c2n1. The van der Waals surface area contributed by atoms with Gasteiger partial charge in [-0.15, -0.1) is 0 Å². The molecule has 0 atom stereocenters. The summed E-state index contributed by atoms with van der Waals surface area (Å²) in [6.45, 7) is 9.02. The minimum absolute atomic E-state index is 0.0840. The van der Waals surface area contributed by atoms with Crippen molar-refractivity contribution in [2.45, 2.75) is 20.8 Å². The number of carbonyl (C=O) groups excluding carboxylic acids is 1. The van der Waals surface area contributed by atoms with E-state index < -0.39 is 0 Å². The van der Waals surface area contributed by atoms with E-state index >= 15 is 0 Å². The van der Waals surface area contributed by atoms with Gasteiger partial charge in [0.2, 0.25) is 5.91 Å². The molecule has 0 aliphatic heterocycles. The minimum Gasteiger partial charge on any atom is -0.336 e. The predicted octanol–water partition coefficient (Wildman–Crippen LogP) is 5.42. The maximum atomic E-state index is 14.5. The number of rotatable bonds is 7. The smallest absolute Gasteiger partial charge is 0.226 e. The van der Waals surface area contributed by atoms with E-state index in [4.69, 9.17) is 9.97 Å². The van der Waals surface area contributed by atoms with Crippen molar-refractivity contribution >= 4 is 40.3 Å². The van der Waals surface area contributed by atoms with Gasteiger partial charge in [0.1, 0.15) is 22.5 Å². The zero-order valence-corrected chi connectivity index (χ0v) is 21.1. The molecule has 38 heavy (non-hydrogen) atoms. The van der Waals surface area contributed by atoms with Crippen molar-refractivity contribution in [3.05, 3.63) is 78.1 Å². The second-order valence-corrected chi connectivity index (χ2v) is 9.02. The Morgan fingerprint density at radius 3 is 2.63 bits per heavy atom. The van der Waals surface area contributed by atoms with Crippen molar-refractivity contribution in [3.8, 4) is 22.8 Å². The maximum Gasteiger partial charge on any atom is 0.226 e. The van der Waals surface area contributed by atoms with Gasteiger partial charge < -0.3 is 10.3 Å². The first-order valence-corrected chi connectivity index (χ1v) is 12.0. The molecule has 1 aromatic carbocycles. The lowest BCUT2D eigenvalue weighted by Crippen LogP contribution is -2.25. The molecule has 0 bridgehead atoms. The third kappa shape index (κ3) is 4.71. The number of aromatic nitrogens is 6. The Morgan fingerprint density at radius 2 is 1.87 bits per heavy atom. The lowest BCUT2D eigenvalue weighted by molar-refractivity contribution is -0.123. The molecule has 5 rings (SSSR count). The van der Waals surface area contributed by atoms with E-state index in [1.54, 1.807) is 49.7 Å². The number of hydrogen-bond acceptors (Lipinski definition) is 6. The number of allylic oxidation sites excluding steroid dienone is 3. The lowest BCUT2D eigenvalue weighted by atomic mass is 10.1. The predicted molar refractivity (Wildman–Crippen MR) is 146 cm³/mol. The van der Waals surface area contributed by atoms with Crippen LogP contribution in [-0.4, -0.2) is 42.8 Å².